The number of hydrogen-bond acceptors (Lipinski definition) is 5. The molecule has 1 fully saturated rings. The number of carboxylic acid groups (broad SMARTS) is 1. The number of halogens is 1. The van der Waals surface area contributed by atoms with Crippen LogP contribution in [0.4, 0.5) is 4.39 Å². The first-order valence-corrected chi connectivity index (χ1v) is 9.06. The number of fused-ring (bicyclic) bond motifs is 1. The standard InChI is InChI=1S/C20H21FN4O3/c1-13-17-16(28-12-20(21)8-9-24(2)11-20)10-15(19(26)27)22-18(17)25(23-13)14-6-4-3-5-7-14/h3-7,10H,8-9,11-12H2,1-2H3,(H,26,27). The van der Waals surface area contributed by atoms with Gasteiger partial charge in [-0.2, -0.15) is 5.10 Å². The predicted octanol–water partition coefficient (Wildman–Crippen LogP) is 2.85. The maximum absolute atomic E-state index is 15.0. The molecule has 3 aromatic rings. The average molecular weight is 384 g/mol. The summed E-state index contributed by atoms with van der Waals surface area (Å²) in [6, 6.07) is 10.7. The molecule has 1 aliphatic rings. The van der Waals surface area contributed by atoms with Crippen LogP contribution >= 0.6 is 0 Å². The Kier molecular flexibility index (Phi) is 4.50. The Morgan fingerprint density at radius 1 is 1.36 bits per heavy atom. The summed E-state index contributed by atoms with van der Waals surface area (Å²) < 4.78 is 22.4. The number of benzene rings is 1. The van der Waals surface area contributed by atoms with E-state index in [0.29, 0.717) is 29.7 Å². The van der Waals surface area contributed by atoms with Gasteiger partial charge in [-0.3, -0.25) is 0 Å². The number of carbonyl (C=O) groups is 1. The van der Waals surface area contributed by atoms with E-state index in [-0.39, 0.29) is 24.6 Å². The highest BCUT2D eigenvalue weighted by atomic mass is 19.1. The molecule has 1 aromatic carbocycles. The van der Waals surface area contributed by atoms with Crippen molar-refractivity contribution in [3.05, 3.63) is 47.8 Å². The third-order valence-electron chi connectivity index (χ3n) is 4.98. The van der Waals surface area contributed by atoms with Gasteiger partial charge in [-0.25, -0.2) is 18.9 Å². The Morgan fingerprint density at radius 2 is 2.11 bits per heavy atom. The van der Waals surface area contributed by atoms with E-state index < -0.39 is 11.6 Å². The topological polar surface area (TPSA) is 80.5 Å². The van der Waals surface area contributed by atoms with Crippen molar-refractivity contribution in [2.24, 2.45) is 0 Å². The van der Waals surface area contributed by atoms with Crippen molar-refractivity contribution < 1.29 is 19.0 Å². The van der Waals surface area contributed by atoms with Gasteiger partial charge < -0.3 is 14.7 Å². The number of rotatable bonds is 5. The highest BCUT2D eigenvalue weighted by Crippen LogP contribution is 2.32. The lowest BCUT2D eigenvalue weighted by molar-refractivity contribution is 0.0689. The van der Waals surface area contributed by atoms with Crippen molar-refractivity contribution >= 4 is 17.0 Å². The van der Waals surface area contributed by atoms with Gasteiger partial charge in [0, 0.05) is 19.2 Å². The van der Waals surface area contributed by atoms with Gasteiger partial charge in [0.15, 0.2) is 17.0 Å². The summed E-state index contributed by atoms with van der Waals surface area (Å²) >= 11 is 0. The molecule has 28 heavy (non-hydrogen) atoms. The molecule has 2 aromatic heterocycles. The van der Waals surface area contributed by atoms with Crippen LogP contribution in [0.2, 0.25) is 0 Å². The molecule has 0 amide bonds. The van der Waals surface area contributed by atoms with E-state index >= 15 is 0 Å². The van der Waals surface area contributed by atoms with E-state index in [2.05, 4.69) is 10.1 Å². The molecule has 1 atom stereocenters. The van der Waals surface area contributed by atoms with Gasteiger partial charge in [-0.15, -0.1) is 0 Å². The molecule has 0 saturated carbocycles. The monoisotopic (exact) mass is 384 g/mol. The predicted molar refractivity (Wildman–Crippen MR) is 102 cm³/mol. The van der Waals surface area contributed by atoms with Gasteiger partial charge in [0.05, 0.1) is 16.8 Å². The van der Waals surface area contributed by atoms with Crippen LogP contribution in [-0.2, 0) is 0 Å². The van der Waals surface area contributed by atoms with E-state index in [0.717, 1.165) is 5.69 Å². The number of aromatic carboxylic acids is 1. The van der Waals surface area contributed by atoms with E-state index in [1.165, 1.54) is 6.07 Å². The van der Waals surface area contributed by atoms with Gasteiger partial charge in [-0.1, -0.05) is 18.2 Å². The molecule has 0 aliphatic carbocycles. The number of nitrogens with zero attached hydrogens (tertiary/aromatic N) is 4. The fourth-order valence-electron chi connectivity index (χ4n) is 3.58. The molecule has 8 heteroatoms. The molecule has 1 N–H and O–H groups in total. The average Bonchev–Trinajstić information content (AvgIpc) is 3.20. The van der Waals surface area contributed by atoms with E-state index in [9.17, 15) is 14.3 Å². The second kappa shape index (κ2) is 6.87. The molecular formula is C20H21FN4O3. The van der Waals surface area contributed by atoms with Crippen LogP contribution < -0.4 is 4.74 Å². The zero-order valence-electron chi connectivity index (χ0n) is 15.7. The number of alkyl halides is 1. The van der Waals surface area contributed by atoms with Crippen molar-refractivity contribution in [1.82, 2.24) is 19.7 Å². The maximum Gasteiger partial charge on any atom is 0.354 e. The first-order valence-electron chi connectivity index (χ1n) is 9.06. The lowest BCUT2D eigenvalue weighted by atomic mass is 10.1. The minimum absolute atomic E-state index is 0.147. The minimum Gasteiger partial charge on any atom is -0.489 e. The number of carboxylic acids is 1. The summed E-state index contributed by atoms with van der Waals surface area (Å²) in [7, 11) is 1.86. The van der Waals surface area contributed by atoms with E-state index in [4.69, 9.17) is 4.74 Å². The summed E-state index contributed by atoms with van der Waals surface area (Å²) in [5.74, 6) is -0.894. The molecule has 4 rings (SSSR count). The van der Waals surface area contributed by atoms with Crippen molar-refractivity contribution in [2.45, 2.75) is 19.0 Å². The van der Waals surface area contributed by atoms with Crippen LogP contribution in [0.15, 0.2) is 36.4 Å². The first kappa shape index (κ1) is 18.4. The number of aryl methyl sites for hydroxylation is 1. The van der Waals surface area contributed by atoms with Crippen molar-refractivity contribution in [2.75, 3.05) is 26.7 Å². The van der Waals surface area contributed by atoms with Gasteiger partial charge in [0.2, 0.25) is 0 Å². The van der Waals surface area contributed by atoms with Crippen molar-refractivity contribution in [3.8, 4) is 11.4 Å². The highest BCUT2D eigenvalue weighted by molar-refractivity contribution is 5.93. The van der Waals surface area contributed by atoms with E-state index in [1.807, 2.05) is 42.3 Å². The Balaban J connectivity index is 1.79. The molecule has 3 heterocycles. The maximum atomic E-state index is 15.0. The SMILES string of the molecule is Cc1nn(-c2ccccc2)c2nc(C(=O)O)cc(OCC3(F)CCN(C)C3)c12. The molecule has 146 valence electrons. The summed E-state index contributed by atoms with van der Waals surface area (Å²) in [6.07, 6.45) is 0.381. The third-order valence-corrected chi connectivity index (χ3v) is 4.98. The summed E-state index contributed by atoms with van der Waals surface area (Å²) in [6.45, 7) is 2.60. The van der Waals surface area contributed by atoms with Crippen molar-refractivity contribution in [3.63, 3.8) is 0 Å². The molecule has 1 unspecified atom stereocenters. The van der Waals surface area contributed by atoms with Crippen LogP contribution in [0.25, 0.3) is 16.7 Å². The van der Waals surface area contributed by atoms with Crippen molar-refractivity contribution in [1.29, 1.82) is 0 Å². The number of hydrogen-bond donors (Lipinski definition) is 1. The number of pyridine rings is 1. The Morgan fingerprint density at radius 3 is 2.75 bits per heavy atom. The summed E-state index contributed by atoms with van der Waals surface area (Å²) in [4.78, 5) is 17.8. The first-order chi connectivity index (χ1) is 13.4. The summed E-state index contributed by atoms with van der Waals surface area (Å²) in [5.41, 5.74) is 0.124. The Hall–Kier alpha value is -3.00. The lowest BCUT2D eigenvalue weighted by Crippen LogP contribution is -2.34. The zero-order chi connectivity index (χ0) is 19.9. The van der Waals surface area contributed by atoms with Crippen LogP contribution in [0.5, 0.6) is 5.75 Å². The highest BCUT2D eigenvalue weighted by Gasteiger charge is 2.38. The minimum atomic E-state index is -1.46. The van der Waals surface area contributed by atoms with Gasteiger partial charge in [0.1, 0.15) is 12.4 Å². The summed E-state index contributed by atoms with van der Waals surface area (Å²) in [5, 5.41) is 14.6. The molecule has 1 saturated heterocycles. The Bertz CT molecular complexity index is 1040. The molecule has 0 spiro atoms. The van der Waals surface area contributed by atoms with Crippen LogP contribution in [0, 0.1) is 6.92 Å². The zero-order valence-corrected chi connectivity index (χ0v) is 15.7. The molecule has 0 bridgehead atoms. The molecule has 0 radical (unpaired) electrons. The second-order valence-electron chi connectivity index (χ2n) is 7.27. The third kappa shape index (κ3) is 3.31. The fraction of sp³-hybridized carbons (Fsp3) is 0.350. The van der Waals surface area contributed by atoms with Crippen LogP contribution in [-0.4, -0.2) is 63.2 Å². The molecule has 1 aliphatic heterocycles. The number of likely N-dealkylation sites (tertiary alicyclic amines) is 1. The Labute approximate surface area is 161 Å². The largest absolute Gasteiger partial charge is 0.489 e. The molecule has 7 nitrogen and oxygen atoms in total. The van der Waals surface area contributed by atoms with Gasteiger partial charge >= 0.3 is 5.97 Å². The smallest absolute Gasteiger partial charge is 0.354 e. The molecular weight excluding hydrogens is 363 g/mol. The number of aromatic nitrogens is 3. The van der Waals surface area contributed by atoms with Gasteiger partial charge in [-0.05, 0) is 32.5 Å². The number of ether oxygens (including phenoxy) is 1. The quantitative estimate of drug-likeness (QED) is 0.729. The number of para-hydroxylation sites is 1. The van der Waals surface area contributed by atoms with Gasteiger partial charge in [0.25, 0.3) is 0 Å². The van der Waals surface area contributed by atoms with E-state index in [1.54, 1.807) is 11.6 Å². The second-order valence-corrected chi connectivity index (χ2v) is 7.27. The fourth-order valence-corrected chi connectivity index (χ4v) is 3.58. The lowest BCUT2D eigenvalue weighted by Gasteiger charge is -2.20. The van der Waals surface area contributed by atoms with Crippen LogP contribution in [0.1, 0.15) is 22.6 Å². The van der Waals surface area contributed by atoms with Crippen LogP contribution in [0.3, 0.4) is 0 Å². The normalized spacial score (nSPS) is 20.0.